The van der Waals surface area contributed by atoms with Crippen LogP contribution < -0.4 is 10.6 Å². The van der Waals surface area contributed by atoms with E-state index in [-0.39, 0.29) is 5.91 Å². The first-order chi connectivity index (χ1) is 15.0. The van der Waals surface area contributed by atoms with Gasteiger partial charge in [-0.15, -0.1) is 11.8 Å². The number of hydrogen-bond acceptors (Lipinski definition) is 3. The van der Waals surface area contributed by atoms with Gasteiger partial charge >= 0.3 is 0 Å². The van der Waals surface area contributed by atoms with Crippen molar-refractivity contribution in [3.63, 3.8) is 0 Å². The molecule has 4 rings (SSSR count). The highest BCUT2D eigenvalue weighted by Crippen LogP contribution is 2.47. The lowest BCUT2D eigenvalue weighted by molar-refractivity contribution is -0.115. The number of amides is 1. The van der Waals surface area contributed by atoms with Crippen LogP contribution in [0.25, 0.3) is 0 Å². The summed E-state index contributed by atoms with van der Waals surface area (Å²) in [5.74, 6) is 1.10. The van der Waals surface area contributed by atoms with Gasteiger partial charge in [0.1, 0.15) is 0 Å². The van der Waals surface area contributed by atoms with E-state index in [2.05, 4.69) is 48.7 Å². The van der Waals surface area contributed by atoms with E-state index >= 15 is 0 Å². The molecule has 4 heteroatoms. The van der Waals surface area contributed by atoms with Crippen LogP contribution in [-0.2, 0) is 16.6 Å². The molecule has 0 bridgehead atoms. The van der Waals surface area contributed by atoms with Crippen molar-refractivity contribution in [3.8, 4) is 0 Å². The predicted molar refractivity (Wildman–Crippen MR) is 134 cm³/mol. The molecule has 0 radical (unpaired) electrons. The third-order valence-corrected chi connectivity index (χ3v) is 6.42. The molecule has 0 unspecified atom stereocenters. The highest BCUT2D eigenvalue weighted by molar-refractivity contribution is 7.99. The fourth-order valence-electron chi connectivity index (χ4n) is 3.30. The maximum Gasteiger partial charge on any atom is 0.228 e. The number of carbonyl (C=O) groups is 1. The first kappa shape index (κ1) is 23.0. The monoisotopic (exact) mass is 432 g/mol. The van der Waals surface area contributed by atoms with Crippen LogP contribution in [-0.4, -0.2) is 18.7 Å². The summed E-state index contributed by atoms with van der Waals surface area (Å²) < 4.78 is 0. The minimum Gasteiger partial charge on any atom is -0.388 e. The number of carbonyl (C=O) groups excluding carboxylic acids is 1. The van der Waals surface area contributed by atoms with Crippen molar-refractivity contribution in [1.82, 2.24) is 0 Å². The zero-order chi connectivity index (χ0) is 22.1. The Bertz CT molecular complexity index is 949. The zero-order valence-corrected chi connectivity index (χ0v) is 19.5. The van der Waals surface area contributed by atoms with Crippen LogP contribution in [0.3, 0.4) is 0 Å². The average molecular weight is 433 g/mol. The fourth-order valence-corrected chi connectivity index (χ4v) is 3.96. The summed E-state index contributed by atoms with van der Waals surface area (Å²) in [6.07, 6.45) is 2.95. The standard InChI is InChI=1S/C20H23NOS.C7H9N/c1-3-23-18-10-4-15(5-11-18)14-19(22)21-17-8-6-16(7-9-17)20(2)12-13-20;1-8-7-5-3-2-4-6-7/h4-11H,3,12-14H2,1-2H3,(H,21,22);2-6,8H,1H3. The van der Waals surface area contributed by atoms with E-state index < -0.39 is 0 Å². The summed E-state index contributed by atoms with van der Waals surface area (Å²) in [7, 11) is 1.91. The summed E-state index contributed by atoms with van der Waals surface area (Å²) in [5, 5.41) is 6.01. The van der Waals surface area contributed by atoms with Crippen LogP contribution >= 0.6 is 11.8 Å². The van der Waals surface area contributed by atoms with E-state index in [0.717, 1.165) is 22.7 Å². The molecule has 0 saturated heterocycles. The third-order valence-electron chi connectivity index (χ3n) is 5.53. The van der Waals surface area contributed by atoms with Gasteiger partial charge in [0.25, 0.3) is 0 Å². The Hall–Kier alpha value is -2.72. The summed E-state index contributed by atoms with van der Waals surface area (Å²) >= 11 is 1.81. The van der Waals surface area contributed by atoms with Gasteiger partial charge < -0.3 is 10.6 Å². The van der Waals surface area contributed by atoms with Gasteiger partial charge in [0.15, 0.2) is 0 Å². The van der Waals surface area contributed by atoms with Gasteiger partial charge in [0, 0.05) is 23.3 Å². The number of rotatable bonds is 7. The fraction of sp³-hybridized carbons (Fsp3) is 0.296. The Kier molecular flexibility index (Phi) is 8.19. The summed E-state index contributed by atoms with van der Waals surface area (Å²) in [5.41, 5.74) is 4.83. The second-order valence-corrected chi connectivity index (χ2v) is 9.39. The molecule has 0 atom stereocenters. The Morgan fingerprint density at radius 3 is 2.06 bits per heavy atom. The molecule has 0 heterocycles. The molecule has 3 nitrogen and oxygen atoms in total. The van der Waals surface area contributed by atoms with E-state index in [1.165, 1.54) is 23.3 Å². The Labute approximate surface area is 190 Å². The smallest absolute Gasteiger partial charge is 0.228 e. The minimum absolute atomic E-state index is 0.0336. The first-order valence-corrected chi connectivity index (χ1v) is 11.9. The van der Waals surface area contributed by atoms with Crippen molar-refractivity contribution < 1.29 is 4.79 Å². The molecule has 3 aromatic rings. The number of nitrogens with one attached hydrogen (secondary N) is 2. The topological polar surface area (TPSA) is 41.1 Å². The van der Waals surface area contributed by atoms with E-state index in [1.54, 1.807) is 0 Å². The van der Waals surface area contributed by atoms with Gasteiger partial charge in [0.05, 0.1) is 6.42 Å². The molecule has 3 aromatic carbocycles. The molecule has 2 N–H and O–H groups in total. The predicted octanol–water partition coefficient (Wildman–Crippen LogP) is 6.76. The van der Waals surface area contributed by atoms with Crippen molar-refractivity contribution in [2.45, 2.75) is 43.4 Å². The van der Waals surface area contributed by atoms with E-state index in [1.807, 2.05) is 73.4 Å². The molecule has 0 spiro atoms. The quantitative estimate of drug-likeness (QED) is 0.405. The molecular formula is C27H32N2OS. The number of hydrogen-bond donors (Lipinski definition) is 2. The van der Waals surface area contributed by atoms with Crippen LogP contribution in [0.4, 0.5) is 11.4 Å². The van der Waals surface area contributed by atoms with E-state index in [4.69, 9.17) is 0 Å². The van der Waals surface area contributed by atoms with Gasteiger partial charge in [-0.1, -0.05) is 56.3 Å². The Balaban J connectivity index is 0.000000287. The lowest BCUT2D eigenvalue weighted by Gasteiger charge is -2.10. The maximum atomic E-state index is 12.2. The zero-order valence-electron chi connectivity index (χ0n) is 18.7. The average Bonchev–Trinajstić information content (AvgIpc) is 3.55. The number of thioether (sulfide) groups is 1. The second-order valence-electron chi connectivity index (χ2n) is 8.06. The van der Waals surface area contributed by atoms with Crippen LogP contribution in [0.2, 0.25) is 0 Å². The number of benzene rings is 3. The molecule has 0 aromatic heterocycles. The highest BCUT2D eigenvalue weighted by atomic mass is 32.2. The Morgan fingerprint density at radius 1 is 0.903 bits per heavy atom. The molecule has 1 aliphatic rings. The molecule has 1 amide bonds. The van der Waals surface area contributed by atoms with Crippen molar-refractivity contribution in [2.24, 2.45) is 0 Å². The van der Waals surface area contributed by atoms with Gasteiger partial charge in [-0.05, 0) is 71.5 Å². The highest BCUT2D eigenvalue weighted by Gasteiger charge is 2.38. The third kappa shape index (κ3) is 7.18. The Morgan fingerprint density at radius 2 is 1.55 bits per heavy atom. The van der Waals surface area contributed by atoms with Crippen LogP contribution in [0.1, 0.15) is 37.8 Å². The van der Waals surface area contributed by atoms with Gasteiger partial charge in [0.2, 0.25) is 5.91 Å². The lowest BCUT2D eigenvalue weighted by atomic mass is 9.98. The molecule has 1 aliphatic carbocycles. The molecule has 1 saturated carbocycles. The summed E-state index contributed by atoms with van der Waals surface area (Å²) in [6.45, 7) is 4.43. The van der Waals surface area contributed by atoms with Crippen molar-refractivity contribution in [1.29, 1.82) is 0 Å². The molecule has 162 valence electrons. The van der Waals surface area contributed by atoms with Crippen molar-refractivity contribution in [2.75, 3.05) is 23.4 Å². The second kappa shape index (κ2) is 11.1. The van der Waals surface area contributed by atoms with E-state index in [9.17, 15) is 4.79 Å². The normalized spacial score (nSPS) is 13.5. The molecule has 31 heavy (non-hydrogen) atoms. The molecule has 0 aliphatic heterocycles. The largest absolute Gasteiger partial charge is 0.388 e. The molecular weight excluding hydrogens is 400 g/mol. The SMILES string of the molecule is CCSc1ccc(CC(=O)Nc2ccc(C3(C)CC3)cc2)cc1.CNc1ccccc1. The summed E-state index contributed by atoms with van der Waals surface area (Å²) in [4.78, 5) is 13.4. The number of para-hydroxylation sites is 1. The number of anilines is 2. The van der Waals surface area contributed by atoms with Crippen molar-refractivity contribution in [3.05, 3.63) is 90.0 Å². The van der Waals surface area contributed by atoms with Gasteiger partial charge in [-0.25, -0.2) is 0 Å². The minimum atomic E-state index is 0.0336. The van der Waals surface area contributed by atoms with E-state index in [0.29, 0.717) is 11.8 Å². The van der Waals surface area contributed by atoms with Crippen LogP contribution in [0, 0.1) is 0 Å². The van der Waals surface area contributed by atoms with Crippen molar-refractivity contribution >= 4 is 29.0 Å². The summed E-state index contributed by atoms with van der Waals surface area (Å²) in [6, 6.07) is 26.6. The molecule has 1 fully saturated rings. The van der Waals surface area contributed by atoms with Gasteiger partial charge in [-0.3, -0.25) is 4.79 Å². The first-order valence-electron chi connectivity index (χ1n) is 10.9. The van der Waals surface area contributed by atoms with Gasteiger partial charge in [-0.2, -0.15) is 0 Å². The van der Waals surface area contributed by atoms with Crippen LogP contribution in [0.15, 0.2) is 83.8 Å². The van der Waals surface area contributed by atoms with Crippen LogP contribution in [0.5, 0.6) is 0 Å². The lowest BCUT2D eigenvalue weighted by Crippen LogP contribution is -2.14. The maximum absolute atomic E-state index is 12.2.